The second-order valence-electron chi connectivity index (χ2n) is 6.69. The Hall–Kier alpha value is -3.08. The molecule has 0 bridgehead atoms. The van der Waals surface area contributed by atoms with E-state index in [0.29, 0.717) is 5.56 Å². The number of benzene rings is 2. The Labute approximate surface area is 158 Å². The average molecular weight is 362 g/mol. The summed E-state index contributed by atoms with van der Waals surface area (Å²) in [6.45, 7) is 2.10. The van der Waals surface area contributed by atoms with E-state index in [1.165, 1.54) is 0 Å². The molecule has 1 fully saturated rings. The number of aromatic nitrogens is 1. The summed E-state index contributed by atoms with van der Waals surface area (Å²) in [7, 11) is 1.66. The minimum atomic E-state index is -0.333. The second-order valence-corrected chi connectivity index (χ2v) is 6.69. The Bertz CT molecular complexity index is 965. The molecule has 2 heterocycles. The summed E-state index contributed by atoms with van der Waals surface area (Å²) in [5.74, 6) is 1.22. The smallest absolute Gasteiger partial charge is 0.342 e. The van der Waals surface area contributed by atoms with Crippen LogP contribution >= 0.6 is 0 Å². The summed E-state index contributed by atoms with van der Waals surface area (Å²) in [5.41, 5.74) is 1.48. The van der Waals surface area contributed by atoms with E-state index < -0.39 is 0 Å². The molecule has 0 saturated carbocycles. The summed E-state index contributed by atoms with van der Waals surface area (Å²) in [4.78, 5) is 19.2. The molecule has 1 saturated heterocycles. The van der Waals surface area contributed by atoms with Crippen LogP contribution in [-0.2, 0) is 11.3 Å². The molecule has 2 aromatic carbocycles. The lowest BCUT2D eigenvalue weighted by Crippen LogP contribution is -2.22. The van der Waals surface area contributed by atoms with Crippen molar-refractivity contribution in [1.29, 1.82) is 0 Å². The number of anilines is 1. The Balaban J connectivity index is 1.49. The first-order chi connectivity index (χ1) is 13.2. The zero-order valence-corrected chi connectivity index (χ0v) is 15.4. The van der Waals surface area contributed by atoms with E-state index in [4.69, 9.17) is 9.47 Å². The first-order valence-electron chi connectivity index (χ1n) is 9.18. The lowest BCUT2D eigenvalue weighted by Gasteiger charge is -2.19. The van der Waals surface area contributed by atoms with Gasteiger partial charge in [0.15, 0.2) is 0 Å². The predicted molar refractivity (Wildman–Crippen MR) is 105 cm³/mol. The first kappa shape index (κ1) is 17.3. The third-order valence-electron chi connectivity index (χ3n) is 4.89. The molecule has 0 aliphatic carbocycles. The average Bonchev–Trinajstić information content (AvgIpc) is 3.26. The first-order valence-corrected chi connectivity index (χ1v) is 9.18. The molecular weight excluding hydrogens is 340 g/mol. The zero-order valence-electron chi connectivity index (χ0n) is 15.4. The lowest BCUT2D eigenvalue weighted by molar-refractivity contribution is 0.0473. The maximum atomic E-state index is 12.6. The van der Waals surface area contributed by atoms with E-state index in [2.05, 4.69) is 9.88 Å². The quantitative estimate of drug-likeness (QED) is 0.637. The SMILES string of the molecule is COc1ccc2cc(COC(=O)c3cccnc3N3CCCC3)ccc2c1. The van der Waals surface area contributed by atoms with Crippen LogP contribution in [0.15, 0.2) is 54.7 Å². The Morgan fingerprint density at radius 2 is 1.85 bits per heavy atom. The van der Waals surface area contributed by atoms with Gasteiger partial charge in [-0.05, 0) is 59.5 Å². The van der Waals surface area contributed by atoms with Gasteiger partial charge in [0.25, 0.3) is 0 Å². The number of nitrogens with zero attached hydrogens (tertiary/aromatic N) is 2. The number of esters is 1. The van der Waals surface area contributed by atoms with Crippen molar-refractivity contribution in [2.75, 3.05) is 25.1 Å². The summed E-state index contributed by atoms with van der Waals surface area (Å²) in [5, 5.41) is 2.18. The molecule has 0 atom stereocenters. The zero-order chi connectivity index (χ0) is 18.6. The molecule has 1 aliphatic rings. The van der Waals surface area contributed by atoms with Gasteiger partial charge in [-0.3, -0.25) is 0 Å². The maximum Gasteiger partial charge on any atom is 0.342 e. The summed E-state index contributed by atoms with van der Waals surface area (Å²) >= 11 is 0. The number of hydrogen-bond donors (Lipinski definition) is 0. The molecule has 5 heteroatoms. The van der Waals surface area contributed by atoms with Crippen molar-refractivity contribution in [3.05, 3.63) is 65.9 Å². The van der Waals surface area contributed by atoms with Crippen molar-refractivity contribution in [3.63, 3.8) is 0 Å². The molecular formula is C22H22N2O3. The van der Waals surface area contributed by atoms with E-state index in [1.54, 1.807) is 25.4 Å². The molecule has 0 radical (unpaired) electrons. The minimum absolute atomic E-state index is 0.231. The van der Waals surface area contributed by atoms with Crippen LogP contribution in [0.4, 0.5) is 5.82 Å². The highest BCUT2D eigenvalue weighted by Crippen LogP contribution is 2.24. The molecule has 4 rings (SSSR count). The molecule has 0 amide bonds. The van der Waals surface area contributed by atoms with E-state index in [9.17, 15) is 4.79 Å². The lowest BCUT2D eigenvalue weighted by atomic mass is 10.1. The standard InChI is InChI=1S/C22H22N2O3/c1-26-19-9-8-17-13-16(6-7-18(17)14-19)15-27-22(25)20-5-4-10-23-21(20)24-11-2-3-12-24/h4-10,13-14H,2-3,11-12,15H2,1H3. The van der Waals surface area contributed by atoms with Gasteiger partial charge in [-0.2, -0.15) is 0 Å². The van der Waals surface area contributed by atoms with Gasteiger partial charge in [-0.15, -0.1) is 0 Å². The Kier molecular flexibility index (Phi) is 4.92. The van der Waals surface area contributed by atoms with Gasteiger partial charge in [0.1, 0.15) is 23.7 Å². The third kappa shape index (κ3) is 3.72. The van der Waals surface area contributed by atoms with Crippen LogP contribution in [0.3, 0.4) is 0 Å². The number of fused-ring (bicyclic) bond motifs is 1. The van der Waals surface area contributed by atoms with Crippen LogP contribution in [-0.4, -0.2) is 31.2 Å². The van der Waals surface area contributed by atoms with Crippen LogP contribution in [0, 0.1) is 0 Å². The highest BCUT2D eigenvalue weighted by Gasteiger charge is 2.21. The van der Waals surface area contributed by atoms with Crippen LogP contribution in [0.1, 0.15) is 28.8 Å². The van der Waals surface area contributed by atoms with Crippen LogP contribution in [0.2, 0.25) is 0 Å². The van der Waals surface area contributed by atoms with E-state index in [1.807, 2.05) is 36.4 Å². The highest BCUT2D eigenvalue weighted by molar-refractivity contribution is 5.95. The van der Waals surface area contributed by atoms with Gasteiger partial charge in [-0.1, -0.05) is 18.2 Å². The van der Waals surface area contributed by atoms with Gasteiger partial charge in [-0.25, -0.2) is 9.78 Å². The topological polar surface area (TPSA) is 51.7 Å². The van der Waals surface area contributed by atoms with Crippen molar-refractivity contribution < 1.29 is 14.3 Å². The molecule has 0 N–H and O–H groups in total. The van der Waals surface area contributed by atoms with Crippen LogP contribution in [0.5, 0.6) is 5.75 Å². The number of hydrogen-bond acceptors (Lipinski definition) is 5. The fourth-order valence-corrected chi connectivity index (χ4v) is 3.45. The van der Waals surface area contributed by atoms with Gasteiger partial charge in [0, 0.05) is 19.3 Å². The predicted octanol–water partition coefficient (Wildman–Crippen LogP) is 4.20. The summed E-state index contributed by atoms with van der Waals surface area (Å²) in [6, 6.07) is 15.5. The van der Waals surface area contributed by atoms with Crippen molar-refractivity contribution >= 4 is 22.6 Å². The monoisotopic (exact) mass is 362 g/mol. The molecule has 5 nitrogen and oxygen atoms in total. The summed E-state index contributed by atoms with van der Waals surface area (Å²) < 4.78 is 10.8. The molecule has 0 spiro atoms. The maximum absolute atomic E-state index is 12.6. The van der Waals surface area contributed by atoms with Crippen molar-refractivity contribution in [2.24, 2.45) is 0 Å². The molecule has 0 unspecified atom stereocenters. The van der Waals surface area contributed by atoms with E-state index in [-0.39, 0.29) is 12.6 Å². The largest absolute Gasteiger partial charge is 0.497 e. The summed E-state index contributed by atoms with van der Waals surface area (Å²) in [6.07, 6.45) is 3.99. The number of carbonyl (C=O) groups is 1. The normalized spacial score (nSPS) is 13.7. The van der Waals surface area contributed by atoms with Crippen LogP contribution in [0.25, 0.3) is 10.8 Å². The Morgan fingerprint density at radius 1 is 1.07 bits per heavy atom. The van der Waals surface area contributed by atoms with Crippen molar-refractivity contribution in [1.82, 2.24) is 4.98 Å². The van der Waals surface area contributed by atoms with Gasteiger partial charge >= 0.3 is 5.97 Å². The van der Waals surface area contributed by atoms with Gasteiger partial charge in [0.2, 0.25) is 0 Å². The van der Waals surface area contributed by atoms with Crippen molar-refractivity contribution in [3.8, 4) is 5.75 Å². The Morgan fingerprint density at radius 3 is 2.67 bits per heavy atom. The third-order valence-corrected chi connectivity index (χ3v) is 4.89. The van der Waals surface area contributed by atoms with Crippen molar-refractivity contribution in [2.45, 2.75) is 19.4 Å². The van der Waals surface area contributed by atoms with Crippen LogP contribution < -0.4 is 9.64 Å². The highest BCUT2D eigenvalue weighted by atomic mass is 16.5. The molecule has 138 valence electrons. The molecule has 1 aromatic heterocycles. The van der Waals surface area contributed by atoms with E-state index >= 15 is 0 Å². The number of rotatable bonds is 5. The molecule has 3 aromatic rings. The van der Waals surface area contributed by atoms with Gasteiger partial charge < -0.3 is 14.4 Å². The number of ether oxygens (including phenoxy) is 2. The number of carbonyl (C=O) groups excluding carboxylic acids is 1. The number of pyridine rings is 1. The van der Waals surface area contributed by atoms with E-state index in [0.717, 1.165) is 53.8 Å². The molecule has 1 aliphatic heterocycles. The minimum Gasteiger partial charge on any atom is -0.497 e. The molecule has 27 heavy (non-hydrogen) atoms. The fraction of sp³-hybridized carbons (Fsp3) is 0.273. The van der Waals surface area contributed by atoms with Gasteiger partial charge in [0.05, 0.1) is 7.11 Å². The fourth-order valence-electron chi connectivity index (χ4n) is 3.45. The number of methoxy groups -OCH3 is 1. The second kappa shape index (κ2) is 7.66.